The third-order valence-electron chi connectivity index (χ3n) is 3.05. The van der Waals surface area contributed by atoms with Crippen molar-refractivity contribution in [3.05, 3.63) is 28.2 Å². The van der Waals surface area contributed by atoms with Crippen LogP contribution in [-0.2, 0) is 4.74 Å². The molecule has 9 heteroatoms. The van der Waals surface area contributed by atoms with Crippen molar-refractivity contribution in [1.29, 1.82) is 0 Å². The second-order valence-corrected chi connectivity index (χ2v) is 5.94. The molecule has 0 aromatic heterocycles. The molecular weight excluding hydrogens is 392 g/mol. The number of benzene rings is 1. The van der Waals surface area contributed by atoms with Crippen LogP contribution in [0.4, 0.5) is 8.78 Å². The van der Waals surface area contributed by atoms with Gasteiger partial charge in [-0.3, -0.25) is 4.90 Å². The number of hydrogen-bond acceptors (Lipinski definition) is 6. The molecule has 1 aromatic carbocycles. The zero-order valence-corrected chi connectivity index (χ0v) is 14.7. The number of aliphatic hydroxyl groups is 3. The van der Waals surface area contributed by atoms with E-state index in [1.165, 1.54) is 0 Å². The lowest BCUT2D eigenvalue weighted by atomic mass is 10.3. The quantitative estimate of drug-likeness (QED) is 0.439. The van der Waals surface area contributed by atoms with Crippen LogP contribution in [0, 0.1) is 11.6 Å². The Labute approximate surface area is 147 Å². The Morgan fingerprint density at radius 2 is 1.67 bits per heavy atom. The molecule has 3 N–H and O–H groups in total. The van der Waals surface area contributed by atoms with Crippen LogP contribution in [0.1, 0.15) is 0 Å². The predicted octanol–water partition coefficient (Wildman–Crippen LogP) is 0.770. The van der Waals surface area contributed by atoms with Crippen LogP contribution in [-0.4, -0.2) is 79.0 Å². The third kappa shape index (κ3) is 7.82. The molecule has 0 spiro atoms. The van der Waals surface area contributed by atoms with Crippen molar-refractivity contribution in [2.45, 2.75) is 6.10 Å². The molecular formula is C15H22BrF2NO5. The molecule has 0 heterocycles. The Kier molecular flexibility index (Phi) is 10.3. The van der Waals surface area contributed by atoms with Gasteiger partial charge in [0.05, 0.1) is 32.5 Å². The second-order valence-electron chi connectivity index (χ2n) is 5.02. The van der Waals surface area contributed by atoms with Gasteiger partial charge < -0.3 is 24.8 Å². The van der Waals surface area contributed by atoms with E-state index >= 15 is 0 Å². The number of rotatable bonds is 12. The van der Waals surface area contributed by atoms with E-state index in [0.29, 0.717) is 13.1 Å². The van der Waals surface area contributed by atoms with E-state index < -0.39 is 23.5 Å². The molecule has 0 radical (unpaired) electrons. The van der Waals surface area contributed by atoms with Gasteiger partial charge in [0.2, 0.25) is 0 Å². The number of ether oxygens (including phenoxy) is 2. The fourth-order valence-corrected chi connectivity index (χ4v) is 2.42. The molecule has 0 amide bonds. The Hall–Kier alpha value is -0.840. The van der Waals surface area contributed by atoms with Crippen LogP contribution in [0.2, 0.25) is 0 Å². The molecule has 1 rings (SSSR count). The average Bonchev–Trinajstić information content (AvgIpc) is 2.49. The molecule has 0 saturated heterocycles. The Balaban J connectivity index is 2.26. The summed E-state index contributed by atoms with van der Waals surface area (Å²) in [6.45, 7) is 0.730. The third-order valence-corrected chi connectivity index (χ3v) is 3.51. The van der Waals surface area contributed by atoms with Crippen molar-refractivity contribution < 1.29 is 33.6 Å². The van der Waals surface area contributed by atoms with Crippen molar-refractivity contribution in [3.8, 4) is 5.75 Å². The van der Waals surface area contributed by atoms with Crippen LogP contribution in [0.5, 0.6) is 5.75 Å². The molecule has 138 valence electrons. The monoisotopic (exact) mass is 413 g/mol. The fourth-order valence-electron chi connectivity index (χ4n) is 2.02. The minimum absolute atomic E-state index is 0.00200. The second kappa shape index (κ2) is 11.7. The first-order chi connectivity index (χ1) is 11.5. The number of aliphatic hydroxyl groups excluding tert-OH is 3. The molecule has 0 fully saturated rings. The van der Waals surface area contributed by atoms with Gasteiger partial charge in [0.15, 0.2) is 17.4 Å². The smallest absolute Gasteiger partial charge is 0.190 e. The summed E-state index contributed by atoms with van der Waals surface area (Å²) in [5, 5.41) is 27.6. The summed E-state index contributed by atoms with van der Waals surface area (Å²) >= 11 is 2.97. The normalized spacial score (nSPS) is 12.6. The van der Waals surface area contributed by atoms with Crippen LogP contribution in [0.25, 0.3) is 0 Å². The van der Waals surface area contributed by atoms with Crippen LogP contribution >= 0.6 is 15.9 Å². The van der Waals surface area contributed by atoms with Gasteiger partial charge >= 0.3 is 0 Å². The first kappa shape index (κ1) is 21.2. The summed E-state index contributed by atoms with van der Waals surface area (Å²) in [7, 11) is 0. The zero-order valence-electron chi connectivity index (χ0n) is 13.1. The van der Waals surface area contributed by atoms with E-state index in [4.69, 9.17) is 19.7 Å². The van der Waals surface area contributed by atoms with Crippen molar-refractivity contribution in [3.63, 3.8) is 0 Å². The average molecular weight is 414 g/mol. The molecule has 0 saturated carbocycles. The molecule has 0 aliphatic heterocycles. The van der Waals surface area contributed by atoms with Crippen LogP contribution in [0.15, 0.2) is 16.6 Å². The molecule has 6 nitrogen and oxygen atoms in total. The highest BCUT2D eigenvalue weighted by Gasteiger charge is 2.13. The fraction of sp³-hybridized carbons (Fsp3) is 0.600. The van der Waals surface area contributed by atoms with Gasteiger partial charge in [0.25, 0.3) is 0 Å². The molecule has 24 heavy (non-hydrogen) atoms. The Morgan fingerprint density at radius 3 is 2.21 bits per heavy atom. The van der Waals surface area contributed by atoms with E-state index in [1.54, 1.807) is 4.90 Å². The highest BCUT2D eigenvalue weighted by atomic mass is 79.9. The lowest BCUT2D eigenvalue weighted by Crippen LogP contribution is -2.38. The largest absolute Gasteiger partial charge is 0.485 e. The van der Waals surface area contributed by atoms with Gasteiger partial charge in [-0.15, -0.1) is 0 Å². The van der Waals surface area contributed by atoms with Gasteiger partial charge in [-0.25, -0.2) is 8.78 Å². The van der Waals surface area contributed by atoms with Crippen molar-refractivity contribution in [2.24, 2.45) is 0 Å². The predicted molar refractivity (Wildman–Crippen MR) is 87.0 cm³/mol. The van der Waals surface area contributed by atoms with E-state index in [-0.39, 0.29) is 44.1 Å². The molecule has 0 bridgehead atoms. The van der Waals surface area contributed by atoms with Gasteiger partial charge in [-0.05, 0) is 12.1 Å². The van der Waals surface area contributed by atoms with Crippen molar-refractivity contribution in [1.82, 2.24) is 4.90 Å². The molecule has 1 unspecified atom stereocenters. The van der Waals surface area contributed by atoms with Crippen LogP contribution in [0.3, 0.4) is 0 Å². The molecule has 0 aliphatic rings. The molecule has 0 aliphatic carbocycles. The zero-order chi connectivity index (χ0) is 17.9. The Bertz CT molecular complexity index is 466. The highest BCUT2D eigenvalue weighted by molar-refractivity contribution is 9.10. The number of halogens is 3. The van der Waals surface area contributed by atoms with Gasteiger partial charge in [-0.2, -0.15) is 0 Å². The molecule has 1 aromatic rings. The SMILES string of the molecule is OCCN(CCO)CC(O)COCCOc1c(F)cc(Br)cc1F. The van der Waals surface area contributed by atoms with Crippen LogP contribution < -0.4 is 4.74 Å². The van der Waals surface area contributed by atoms with E-state index in [9.17, 15) is 13.9 Å². The number of nitrogens with zero attached hydrogens (tertiary/aromatic N) is 1. The van der Waals surface area contributed by atoms with Gasteiger partial charge in [-0.1, -0.05) is 15.9 Å². The standard InChI is InChI=1S/C15H22BrF2NO5/c16-11-7-13(17)15(14(18)8-11)24-6-5-23-10-12(22)9-19(1-3-20)2-4-21/h7-8,12,20-22H,1-6,9-10H2. The van der Waals surface area contributed by atoms with E-state index in [0.717, 1.165) is 12.1 Å². The minimum atomic E-state index is -0.816. The summed E-state index contributed by atoms with van der Waals surface area (Å²) in [5.41, 5.74) is 0. The maximum Gasteiger partial charge on any atom is 0.190 e. The van der Waals surface area contributed by atoms with E-state index in [1.807, 2.05) is 0 Å². The summed E-state index contributed by atoms with van der Waals surface area (Å²) in [4.78, 5) is 1.69. The maximum atomic E-state index is 13.5. The van der Waals surface area contributed by atoms with Gasteiger partial charge in [0.1, 0.15) is 6.61 Å². The van der Waals surface area contributed by atoms with Crippen molar-refractivity contribution in [2.75, 3.05) is 52.7 Å². The summed E-state index contributed by atoms with van der Waals surface area (Å²) in [6, 6.07) is 2.19. The molecule has 1 atom stereocenters. The number of hydrogen-bond donors (Lipinski definition) is 3. The lowest BCUT2D eigenvalue weighted by Gasteiger charge is -2.23. The minimum Gasteiger partial charge on any atom is -0.485 e. The topological polar surface area (TPSA) is 82.4 Å². The van der Waals surface area contributed by atoms with Crippen molar-refractivity contribution >= 4 is 15.9 Å². The summed E-state index contributed by atoms with van der Waals surface area (Å²) in [6.07, 6.45) is -0.816. The van der Waals surface area contributed by atoms with E-state index in [2.05, 4.69) is 15.9 Å². The Morgan fingerprint density at radius 1 is 1.08 bits per heavy atom. The summed E-state index contributed by atoms with van der Waals surface area (Å²) < 4.78 is 37.5. The lowest BCUT2D eigenvalue weighted by molar-refractivity contribution is 0.00304. The first-order valence-electron chi connectivity index (χ1n) is 7.45. The first-order valence-corrected chi connectivity index (χ1v) is 8.24. The van der Waals surface area contributed by atoms with Gasteiger partial charge in [0, 0.05) is 24.1 Å². The summed E-state index contributed by atoms with van der Waals surface area (Å²) in [5.74, 6) is -2.10. The maximum absolute atomic E-state index is 13.5. The highest BCUT2D eigenvalue weighted by Crippen LogP contribution is 2.25.